The highest BCUT2D eigenvalue weighted by Gasteiger charge is 2.11. The summed E-state index contributed by atoms with van der Waals surface area (Å²) in [6, 6.07) is 26.7. The molecule has 0 saturated carbocycles. The summed E-state index contributed by atoms with van der Waals surface area (Å²) in [7, 11) is 0. The molecule has 1 N–H and O–H groups in total. The van der Waals surface area contributed by atoms with E-state index in [0.29, 0.717) is 26.0 Å². The Morgan fingerprint density at radius 1 is 0.886 bits per heavy atom. The van der Waals surface area contributed by atoms with Crippen LogP contribution < -0.4 is 10.1 Å². The van der Waals surface area contributed by atoms with E-state index in [2.05, 4.69) is 71.4 Å². The van der Waals surface area contributed by atoms with E-state index in [1.54, 1.807) is 0 Å². The van der Waals surface area contributed by atoms with Gasteiger partial charge in [-0.1, -0.05) is 61.5 Å². The van der Waals surface area contributed by atoms with E-state index < -0.39 is 0 Å². The summed E-state index contributed by atoms with van der Waals surface area (Å²) < 4.78 is 8.21. The Hall–Kier alpha value is -3.60. The second kappa shape index (κ2) is 12.7. The van der Waals surface area contributed by atoms with Gasteiger partial charge in [-0.05, 0) is 61.1 Å². The SMILES string of the molecule is CCc1ccc(OCCCCn2c(CCNC(=O)CCc3ccccc3)nc3ccccc32)cc1. The summed E-state index contributed by atoms with van der Waals surface area (Å²) in [5.74, 6) is 2.03. The van der Waals surface area contributed by atoms with Gasteiger partial charge in [0.1, 0.15) is 11.6 Å². The number of ether oxygens (including phenoxy) is 1. The number of aryl methyl sites for hydroxylation is 3. The minimum Gasteiger partial charge on any atom is -0.494 e. The fraction of sp³-hybridized carbons (Fsp3) is 0.333. The first-order chi connectivity index (χ1) is 17.2. The van der Waals surface area contributed by atoms with Crippen LogP contribution in [0.25, 0.3) is 11.0 Å². The van der Waals surface area contributed by atoms with E-state index >= 15 is 0 Å². The molecule has 4 rings (SSSR count). The third-order valence-electron chi connectivity index (χ3n) is 6.26. The number of nitrogens with zero attached hydrogens (tertiary/aromatic N) is 2. The summed E-state index contributed by atoms with van der Waals surface area (Å²) in [5.41, 5.74) is 4.66. The van der Waals surface area contributed by atoms with Crippen LogP contribution in [0.3, 0.4) is 0 Å². The van der Waals surface area contributed by atoms with E-state index in [-0.39, 0.29) is 5.91 Å². The zero-order valence-electron chi connectivity index (χ0n) is 20.6. The molecule has 4 aromatic rings. The molecule has 0 saturated heterocycles. The summed E-state index contributed by atoms with van der Waals surface area (Å²) in [6.07, 6.45) is 4.99. The first-order valence-corrected chi connectivity index (χ1v) is 12.7. The van der Waals surface area contributed by atoms with E-state index in [1.165, 1.54) is 11.1 Å². The van der Waals surface area contributed by atoms with E-state index in [9.17, 15) is 4.79 Å². The van der Waals surface area contributed by atoms with Crippen LogP contribution in [-0.2, 0) is 30.6 Å². The molecule has 182 valence electrons. The van der Waals surface area contributed by atoms with Crippen molar-refractivity contribution in [3.63, 3.8) is 0 Å². The van der Waals surface area contributed by atoms with Crippen molar-refractivity contribution in [1.82, 2.24) is 14.9 Å². The van der Waals surface area contributed by atoms with Gasteiger partial charge in [0, 0.05) is 25.9 Å². The normalized spacial score (nSPS) is 11.0. The van der Waals surface area contributed by atoms with Gasteiger partial charge in [-0.25, -0.2) is 4.98 Å². The Balaban J connectivity index is 1.25. The zero-order chi connectivity index (χ0) is 24.3. The number of carbonyl (C=O) groups is 1. The molecule has 0 atom stereocenters. The van der Waals surface area contributed by atoms with Crippen molar-refractivity contribution in [2.75, 3.05) is 13.2 Å². The number of unbranched alkanes of at least 4 members (excludes halogenated alkanes) is 1. The molecule has 0 radical (unpaired) electrons. The topological polar surface area (TPSA) is 56.1 Å². The molecule has 1 heterocycles. The molecule has 0 aliphatic rings. The number of benzene rings is 3. The second-order valence-corrected chi connectivity index (χ2v) is 8.81. The third-order valence-corrected chi connectivity index (χ3v) is 6.26. The predicted molar refractivity (Wildman–Crippen MR) is 142 cm³/mol. The summed E-state index contributed by atoms with van der Waals surface area (Å²) in [4.78, 5) is 17.2. The van der Waals surface area contributed by atoms with Gasteiger partial charge in [-0.3, -0.25) is 4.79 Å². The van der Waals surface area contributed by atoms with Gasteiger partial charge in [-0.2, -0.15) is 0 Å². The highest BCUT2D eigenvalue weighted by Crippen LogP contribution is 2.18. The Labute approximate surface area is 208 Å². The van der Waals surface area contributed by atoms with E-state index in [4.69, 9.17) is 9.72 Å². The van der Waals surface area contributed by atoms with Crippen LogP contribution in [0.4, 0.5) is 0 Å². The van der Waals surface area contributed by atoms with Gasteiger partial charge >= 0.3 is 0 Å². The maximum absolute atomic E-state index is 12.3. The monoisotopic (exact) mass is 469 g/mol. The van der Waals surface area contributed by atoms with Crippen molar-refractivity contribution in [3.05, 3.63) is 95.8 Å². The number of hydrogen-bond acceptors (Lipinski definition) is 3. The molecular formula is C30H35N3O2. The number of para-hydroxylation sites is 2. The Bertz CT molecular complexity index is 1200. The minimum absolute atomic E-state index is 0.0839. The summed E-state index contributed by atoms with van der Waals surface area (Å²) in [5, 5.41) is 3.06. The fourth-order valence-corrected chi connectivity index (χ4v) is 4.25. The van der Waals surface area contributed by atoms with Crippen LogP contribution in [0.2, 0.25) is 0 Å². The van der Waals surface area contributed by atoms with Gasteiger partial charge in [0.15, 0.2) is 0 Å². The molecule has 5 nitrogen and oxygen atoms in total. The maximum atomic E-state index is 12.3. The molecule has 1 aromatic heterocycles. The summed E-state index contributed by atoms with van der Waals surface area (Å²) >= 11 is 0. The van der Waals surface area contributed by atoms with Crippen molar-refractivity contribution in [3.8, 4) is 5.75 Å². The molecule has 35 heavy (non-hydrogen) atoms. The van der Waals surface area contributed by atoms with E-state index in [1.807, 2.05) is 24.3 Å². The maximum Gasteiger partial charge on any atom is 0.220 e. The van der Waals surface area contributed by atoms with Crippen LogP contribution in [0.1, 0.15) is 43.1 Å². The quantitative estimate of drug-likeness (QED) is 0.254. The Morgan fingerprint density at radius 3 is 2.46 bits per heavy atom. The zero-order valence-corrected chi connectivity index (χ0v) is 20.6. The molecular weight excluding hydrogens is 434 g/mol. The van der Waals surface area contributed by atoms with Gasteiger partial charge in [0.25, 0.3) is 0 Å². The third kappa shape index (κ3) is 7.19. The Morgan fingerprint density at radius 2 is 1.66 bits per heavy atom. The van der Waals surface area contributed by atoms with Gasteiger partial charge < -0.3 is 14.6 Å². The molecule has 0 aliphatic heterocycles. The average Bonchev–Trinajstić information content (AvgIpc) is 3.25. The van der Waals surface area contributed by atoms with Crippen LogP contribution in [0.5, 0.6) is 5.75 Å². The number of imidazole rings is 1. The van der Waals surface area contributed by atoms with Gasteiger partial charge in [0.05, 0.1) is 17.6 Å². The highest BCUT2D eigenvalue weighted by atomic mass is 16.5. The number of amides is 1. The first-order valence-electron chi connectivity index (χ1n) is 12.7. The summed E-state index contributed by atoms with van der Waals surface area (Å²) in [6.45, 7) is 4.33. The molecule has 0 unspecified atom stereocenters. The lowest BCUT2D eigenvalue weighted by Gasteiger charge is -2.11. The number of carbonyl (C=O) groups excluding carboxylic acids is 1. The lowest BCUT2D eigenvalue weighted by atomic mass is 10.1. The second-order valence-electron chi connectivity index (χ2n) is 8.81. The van der Waals surface area contributed by atoms with Gasteiger partial charge in [-0.15, -0.1) is 0 Å². The lowest BCUT2D eigenvalue weighted by Crippen LogP contribution is -2.26. The van der Waals surface area contributed by atoms with Crippen molar-refractivity contribution >= 4 is 16.9 Å². The predicted octanol–water partition coefficient (Wildman–Crippen LogP) is 5.75. The average molecular weight is 470 g/mol. The largest absolute Gasteiger partial charge is 0.494 e. The minimum atomic E-state index is 0.0839. The van der Waals surface area contributed by atoms with Crippen molar-refractivity contribution in [2.24, 2.45) is 0 Å². The van der Waals surface area contributed by atoms with Crippen LogP contribution in [0.15, 0.2) is 78.9 Å². The number of nitrogens with one attached hydrogen (secondary N) is 1. The lowest BCUT2D eigenvalue weighted by molar-refractivity contribution is -0.121. The Kier molecular flexibility index (Phi) is 8.93. The smallest absolute Gasteiger partial charge is 0.220 e. The molecule has 0 spiro atoms. The molecule has 3 aromatic carbocycles. The van der Waals surface area contributed by atoms with E-state index in [0.717, 1.165) is 54.8 Å². The highest BCUT2D eigenvalue weighted by molar-refractivity contribution is 5.77. The van der Waals surface area contributed by atoms with Crippen LogP contribution in [0, 0.1) is 0 Å². The molecule has 0 fully saturated rings. The number of aromatic nitrogens is 2. The van der Waals surface area contributed by atoms with Crippen molar-refractivity contribution < 1.29 is 9.53 Å². The first kappa shape index (κ1) is 24.5. The molecule has 1 amide bonds. The molecule has 5 heteroatoms. The fourth-order valence-electron chi connectivity index (χ4n) is 4.25. The molecule has 0 aliphatic carbocycles. The van der Waals surface area contributed by atoms with Crippen molar-refractivity contribution in [1.29, 1.82) is 0 Å². The van der Waals surface area contributed by atoms with Crippen LogP contribution in [-0.4, -0.2) is 28.6 Å². The van der Waals surface area contributed by atoms with Crippen LogP contribution >= 0.6 is 0 Å². The van der Waals surface area contributed by atoms with Crippen molar-refractivity contribution in [2.45, 2.75) is 52.0 Å². The number of fused-ring (bicyclic) bond motifs is 1. The van der Waals surface area contributed by atoms with Gasteiger partial charge in [0.2, 0.25) is 5.91 Å². The molecule has 0 bridgehead atoms. The number of hydrogen-bond donors (Lipinski definition) is 1. The number of rotatable bonds is 13. The standard InChI is InChI=1S/C30H35N3O2/c1-2-24-14-17-26(18-15-24)35-23-9-8-22-33-28-13-7-6-12-27(28)32-29(33)20-21-31-30(34)19-16-25-10-4-3-5-11-25/h3-7,10-15,17-18H,2,8-9,16,19-23H2,1H3,(H,31,34).